The van der Waals surface area contributed by atoms with E-state index < -0.39 is 10.0 Å². The maximum absolute atomic E-state index is 10.7. The van der Waals surface area contributed by atoms with Gasteiger partial charge in [-0.25, -0.2) is 13.1 Å². The second-order valence-corrected chi connectivity index (χ2v) is 5.64. The number of ether oxygens (including phenoxy) is 1. The molecule has 0 heterocycles. The highest BCUT2D eigenvalue weighted by Crippen LogP contribution is 1.80. The number of hydrogen-bond donors (Lipinski definition) is 3. The Hall–Kier alpha value is -0.440. The van der Waals surface area contributed by atoms with Gasteiger partial charge in [-0.1, -0.05) is 0 Å². The van der Waals surface area contributed by atoms with Crippen molar-refractivity contribution in [2.24, 2.45) is 0 Å². The van der Waals surface area contributed by atoms with Gasteiger partial charge in [-0.3, -0.25) is 0 Å². The highest BCUT2D eigenvalue weighted by atomic mass is 32.2. The van der Waals surface area contributed by atoms with Gasteiger partial charge >= 0.3 is 0 Å². The van der Waals surface area contributed by atoms with Crippen molar-refractivity contribution in [3.8, 4) is 0 Å². The standard InChI is InChI=1S/C9H21N3O3S2/c1-3-15-8-4-5-10-9(16)11-6-7-12-17(2,13)14/h12H,3-8H2,1-2H3,(H2,10,11,16). The molecule has 0 aromatic carbocycles. The molecule has 0 amide bonds. The van der Waals surface area contributed by atoms with Crippen LogP contribution in [0.5, 0.6) is 0 Å². The van der Waals surface area contributed by atoms with E-state index in [1.54, 1.807) is 0 Å². The van der Waals surface area contributed by atoms with Crippen molar-refractivity contribution in [3.63, 3.8) is 0 Å². The Morgan fingerprint density at radius 3 is 2.47 bits per heavy atom. The summed E-state index contributed by atoms with van der Waals surface area (Å²) in [5.74, 6) is 0. The number of hydrogen-bond acceptors (Lipinski definition) is 4. The fourth-order valence-corrected chi connectivity index (χ4v) is 1.67. The van der Waals surface area contributed by atoms with Gasteiger partial charge in [0.15, 0.2) is 5.11 Å². The summed E-state index contributed by atoms with van der Waals surface area (Å²) in [5.41, 5.74) is 0. The summed E-state index contributed by atoms with van der Waals surface area (Å²) >= 11 is 5.00. The Balaban J connectivity index is 3.35. The van der Waals surface area contributed by atoms with Crippen LogP contribution in [0.3, 0.4) is 0 Å². The maximum atomic E-state index is 10.7. The molecule has 3 N–H and O–H groups in total. The van der Waals surface area contributed by atoms with Crippen LogP contribution in [0.15, 0.2) is 0 Å². The molecule has 0 bridgehead atoms. The number of thiocarbonyl (C=S) groups is 1. The molecule has 0 saturated carbocycles. The third kappa shape index (κ3) is 13.5. The Morgan fingerprint density at radius 1 is 1.24 bits per heavy atom. The highest BCUT2D eigenvalue weighted by Gasteiger charge is 1.99. The Labute approximate surface area is 109 Å². The zero-order valence-corrected chi connectivity index (χ0v) is 11.9. The van der Waals surface area contributed by atoms with Crippen LogP contribution >= 0.6 is 12.2 Å². The van der Waals surface area contributed by atoms with Gasteiger partial charge in [0.1, 0.15) is 0 Å². The third-order valence-corrected chi connectivity index (χ3v) is 2.75. The molecule has 0 spiro atoms. The minimum atomic E-state index is -3.12. The van der Waals surface area contributed by atoms with Crippen LogP contribution in [0, 0.1) is 0 Å². The van der Waals surface area contributed by atoms with Crippen LogP contribution in [0.1, 0.15) is 13.3 Å². The number of rotatable bonds is 9. The fraction of sp³-hybridized carbons (Fsp3) is 0.889. The predicted octanol–water partition coefficient (Wildman–Crippen LogP) is -0.574. The summed E-state index contributed by atoms with van der Waals surface area (Å²) in [6.07, 6.45) is 2.01. The SMILES string of the molecule is CCOCCCNC(=S)NCCNS(C)(=O)=O. The quantitative estimate of drug-likeness (QED) is 0.388. The van der Waals surface area contributed by atoms with E-state index >= 15 is 0 Å². The molecule has 8 heteroatoms. The van der Waals surface area contributed by atoms with Gasteiger partial charge in [-0.15, -0.1) is 0 Å². The molecule has 0 unspecified atom stereocenters. The lowest BCUT2D eigenvalue weighted by Gasteiger charge is -2.10. The summed E-state index contributed by atoms with van der Waals surface area (Å²) in [6.45, 7) is 4.91. The summed E-state index contributed by atoms with van der Waals surface area (Å²) in [6, 6.07) is 0. The first kappa shape index (κ1) is 16.6. The smallest absolute Gasteiger partial charge is 0.208 e. The molecule has 0 saturated heterocycles. The van der Waals surface area contributed by atoms with E-state index in [1.807, 2.05) is 6.92 Å². The number of sulfonamides is 1. The summed E-state index contributed by atoms with van der Waals surface area (Å²) < 4.78 is 29.0. The van der Waals surface area contributed by atoms with Crippen molar-refractivity contribution < 1.29 is 13.2 Å². The monoisotopic (exact) mass is 283 g/mol. The average molecular weight is 283 g/mol. The largest absolute Gasteiger partial charge is 0.382 e. The molecule has 0 fully saturated rings. The van der Waals surface area contributed by atoms with Crippen LogP contribution in [0.25, 0.3) is 0 Å². The molecule has 0 aliphatic rings. The first-order chi connectivity index (χ1) is 7.95. The molecule has 0 aromatic heterocycles. The zero-order chi connectivity index (χ0) is 13.1. The first-order valence-corrected chi connectivity index (χ1v) is 7.79. The van der Waals surface area contributed by atoms with E-state index in [4.69, 9.17) is 17.0 Å². The topological polar surface area (TPSA) is 79.5 Å². The summed E-state index contributed by atoms with van der Waals surface area (Å²) in [5, 5.41) is 6.43. The molecular weight excluding hydrogens is 262 g/mol. The van der Waals surface area contributed by atoms with Crippen molar-refractivity contribution in [1.82, 2.24) is 15.4 Å². The van der Waals surface area contributed by atoms with Gasteiger partial charge in [-0.05, 0) is 25.6 Å². The van der Waals surface area contributed by atoms with E-state index in [-0.39, 0.29) is 0 Å². The van der Waals surface area contributed by atoms with Crippen LogP contribution in [0.4, 0.5) is 0 Å². The lowest BCUT2D eigenvalue weighted by atomic mass is 10.4. The van der Waals surface area contributed by atoms with Gasteiger partial charge in [-0.2, -0.15) is 0 Å². The second kappa shape index (κ2) is 9.58. The van der Waals surface area contributed by atoms with Crippen molar-refractivity contribution in [2.75, 3.05) is 39.1 Å². The Kier molecular flexibility index (Phi) is 9.33. The van der Waals surface area contributed by atoms with Gasteiger partial charge in [0.25, 0.3) is 0 Å². The van der Waals surface area contributed by atoms with E-state index in [0.717, 1.165) is 25.8 Å². The lowest BCUT2D eigenvalue weighted by Crippen LogP contribution is -2.40. The normalized spacial score (nSPS) is 11.2. The van der Waals surface area contributed by atoms with Crippen molar-refractivity contribution in [1.29, 1.82) is 0 Å². The minimum Gasteiger partial charge on any atom is -0.382 e. The second-order valence-electron chi connectivity index (χ2n) is 3.40. The molecule has 0 atom stereocenters. The molecule has 0 aliphatic carbocycles. The lowest BCUT2D eigenvalue weighted by molar-refractivity contribution is 0.145. The molecule has 6 nitrogen and oxygen atoms in total. The van der Waals surface area contributed by atoms with Crippen LogP contribution in [-0.2, 0) is 14.8 Å². The van der Waals surface area contributed by atoms with E-state index in [9.17, 15) is 8.42 Å². The van der Waals surface area contributed by atoms with Gasteiger partial charge in [0, 0.05) is 32.8 Å². The molecule has 0 radical (unpaired) electrons. The van der Waals surface area contributed by atoms with Gasteiger partial charge in [0.05, 0.1) is 6.26 Å². The minimum absolute atomic E-state index is 0.319. The van der Waals surface area contributed by atoms with Crippen LogP contribution in [0.2, 0.25) is 0 Å². The van der Waals surface area contributed by atoms with Crippen LogP contribution < -0.4 is 15.4 Å². The first-order valence-electron chi connectivity index (χ1n) is 5.49. The number of nitrogens with one attached hydrogen (secondary N) is 3. The molecule has 17 heavy (non-hydrogen) atoms. The average Bonchev–Trinajstić information content (AvgIpc) is 2.23. The maximum Gasteiger partial charge on any atom is 0.208 e. The van der Waals surface area contributed by atoms with Gasteiger partial charge in [0.2, 0.25) is 10.0 Å². The van der Waals surface area contributed by atoms with E-state index in [0.29, 0.717) is 24.8 Å². The van der Waals surface area contributed by atoms with Crippen molar-refractivity contribution in [3.05, 3.63) is 0 Å². The summed E-state index contributed by atoms with van der Waals surface area (Å²) in [4.78, 5) is 0. The molecule has 0 aliphatic heterocycles. The highest BCUT2D eigenvalue weighted by molar-refractivity contribution is 7.88. The van der Waals surface area contributed by atoms with Gasteiger partial charge < -0.3 is 15.4 Å². The van der Waals surface area contributed by atoms with Crippen molar-refractivity contribution >= 4 is 27.4 Å². The molecular formula is C9H21N3O3S2. The molecule has 0 aromatic rings. The van der Waals surface area contributed by atoms with Crippen molar-refractivity contribution in [2.45, 2.75) is 13.3 Å². The summed E-state index contributed by atoms with van der Waals surface area (Å²) in [7, 11) is -3.12. The zero-order valence-electron chi connectivity index (χ0n) is 10.3. The predicted molar refractivity (Wildman–Crippen MR) is 72.6 cm³/mol. The Bertz CT molecular complexity index is 307. The van der Waals surface area contributed by atoms with Crippen LogP contribution in [-0.4, -0.2) is 52.6 Å². The molecule has 102 valence electrons. The van der Waals surface area contributed by atoms with E-state index in [2.05, 4.69) is 15.4 Å². The molecule has 0 rings (SSSR count). The Morgan fingerprint density at radius 2 is 1.88 bits per heavy atom. The fourth-order valence-electron chi connectivity index (χ4n) is 0.995. The third-order valence-electron chi connectivity index (χ3n) is 1.73. The van der Waals surface area contributed by atoms with E-state index in [1.165, 1.54) is 0 Å².